The summed E-state index contributed by atoms with van der Waals surface area (Å²) in [5.41, 5.74) is 0.653. The Bertz CT molecular complexity index is 682. The molecule has 0 radical (unpaired) electrons. The van der Waals surface area contributed by atoms with E-state index in [1.54, 1.807) is 0 Å². The van der Waals surface area contributed by atoms with Crippen molar-refractivity contribution in [3.63, 3.8) is 0 Å². The van der Waals surface area contributed by atoms with Crippen molar-refractivity contribution in [3.05, 3.63) is 65.0 Å². The summed E-state index contributed by atoms with van der Waals surface area (Å²) < 4.78 is 44.7. The molecule has 0 spiro atoms. The molecule has 21 heavy (non-hydrogen) atoms. The number of ether oxygens (including phenoxy) is 1. The average Bonchev–Trinajstić information content (AvgIpc) is 2.43. The molecule has 2 rings (SSSR count). The van der Waals surface area contributed by atoms with Gasteiger partial charge >= 0.3 is 0 Å². The Morgan fingerprint density at radius 1 is 0.952 bits per heavy atom. The van der Waals surface area contributed by atoms with Crippen LogP contribution in [0.25, 0.3) is 0 Å². The number of halogens is 3. The monoisotopic (exact) mass is 292 g/mol. The molecule has 108 valence electrons. The lowest BCUT2D eigenvalue weighted by Crippen LogP contribution is -1.99. The first-order valence-corrected chi connectivity index (χ1v) is 6.05. The van der Waals surface area contributed by atoms with Gasteiger partial charge in [-0.15, -0.1) is 0 Å². The standard InChI is InChI=1S/C16H11F3O2/c17-13-4-3-12(2-1-5-20)16(9-13)21-10-11-6-14(18)8-15(19)7-11/h3-4,6-9,20H,5,10H2. The van der Waals surface area contributed by atoms with Crippen molar-refractivity contribution >= 4 is 0 Å². The Labute approximate surface area is 119 Å². The van der Waals surface area contributed by atoms with Crippen LogP contribution in [0.5, 0.6) is 5.75 Å². The summed E-state index contributed by atoms with van der Waals surface area (Å²) in [6.45, 7) is -0.474. The lowest BCUT2D eigenvalue weighted by Gasteiger charge is -2.09. The Hall–Kier alpha value is -2.45. The molecule has 0 bridgehead atoms. The number of rotatable bonds is 3. The predicted octanol–water partition coefficient (Wildman–Crippen LogP) is 3.03. The minimum Gasteiger partial charge on any atom is -0.487 e. The zero-order valence-electron chi connectivity index (χ0n) is 10.9. The second-order valence-electron chi connectivity index (χ2n) is 4.17. The number of aliphatic hydroxyl groups is 1. The van der Waals surface area contributed by atoms with Crippen LogP contribution in [0.2, 0.25) is 0 Å². The molecule has 0 aliphatic heterocycles. The minimum absolute atomic E-state index is 0.133. The zero-order valence-corrected chi connectivity index (χ0v) is 10.9. The van der Waals surface area contributed by atoms with Crippen LogP contribution in [-0.2, 0) is 6.61 Å². The molecule has 0 aromatic heterocycles. The molecule has 0 aliphatic rings. The van der Waals surface area contributed by atoms with Crippen LogP contribution in [0.1, 0.15) is 11.1 Å². The fourth-order valence-corrected chi connectivity index (χ4v) is 1.71. The van der Waals surface area contributed by atoms with E-state index in [2.05, 4.69) is 11.8 Å². The molecule has 5 heteroatoms. The zero-order chi connectivity index (χ0) is 15.2. The van der Waals surface area contributed by atoms with Crippen LogP contribution >= 0.6 is 0 Å². The summed E-state index contributed by atoms with van der Waals surface area (Å²) in [6.07, 6.45) is 0. The molecule has 0 atom stereocenters. The summed E-state index contributed by atoms with van der Waals surface area (Å²) in [6, 6.07) is 6.74. The summed E-state index contributed by atoms with van der Waals surface area (Å²) in [4.78, 5) is 0. The number of benzene rings is 2. The van der Waals surface area contributed by atoms with Crippen molar-refractivity contribution in [1.29, 1.82) is 0 Å². The molecule has 0 heterocycles. The maximum atomic E-state index is 13.2. The maximum absolute atomic E-state index is 13.2. The van der Waals surface area contributed by atoms with Crippen molar-refractivity contribution < 1.29 is 23.0 Å². The first-order chi connectivity index (χ1) is 10.1. The van der Waals surface area contributed by atoms with Crippen molar-refractivity contribution in [2.75, 3.05) is 6.61 Å². The third-order valence-electron chi connectivity index (χ3n) is 2.56. The van der Waals surface area contributed by atoms with Gasteiger partial charge in [-0.3, -0.25) is 0 Å². The van der Waals surface area contributed by atoms with Gasteiger partial charge in [-0.2, -0.15) is 0 Å². The van der Waals surface area contributed by atoms with E-state index < -0.39 is 17.5 Å². The quantitative estimate of drug-likeness (QED) is 0.881. The molecule has 1 N–H and O–H groups in total. The molecule has 2 nitrogen and oxygen atoms in total. The first kappa shape index (κ1) is 14.9. The van der Waals surface area contributed by atoms with Crippen molar-refractivity contribution in [2.24, 2.45) is 0 Å². The van der Waals surface area contributed by atoms with Crippen LogP contribution in [0.3, 0.4) is 0 Å². The van der Waals surface area contributed by atoms with Gasteiger partial charge in [0.1, 0.15) is 36.4 Å². The fraction of sp³-hybridized carbons (Fsp3) is 0.125. The van der Waals surface area contributed by atoms with E-state index in [-0.39, 0.29) is 24.5 Å². The molecule has 0 saturated carbocycles. The topological polar surface area (TPSA) is 29.5 Å². The minimum atomic E-state index is -0.715. The van der Waals surface area contributed by atoms with Gasteiger partial charge in [-0.25, -0.2) is 13.2 Å². The van der Waals surface area contributed by atoms with Gasteiger partial charge in [-0.1, -0.05) is 11.8 Å². The van der Waals surface area contributed by atoms with Gasteiger partial charge < -0.3 is 9.84 Å². The predicted molar refractivity (Wildman–Crippen MR) is 71.1 cm³/mol. The number of hydrogen-bond acceptors (Lipinski definition) is 2. The summed E-state index contributed by atoms with van der Waals surface area (Å²) in [7, 11) is 0. The third kappa shape index (κ3) is 4.26. The fourth-order valence-electron chi connectivity index (χ4n) is 1.71. The van der Waals surface area contributed by atoms with Gasteiger partial charge in [0.2, 0.25) is 0 Å². The largest absolute Gasteiger partial charge is 0.487 e. The highest BCUT2D eigenvalue weighted by Crippen LogP contribution is 2.21. The highest BCUT2D eigenvalue weighted by molar-refractivity contribution is 5.46. The molecule has 2 aromatic rings. The first-order valence-electron chi connectivity index (χ1n) is 6.05. The number of aliphatic hydroxyl groups excluding tert-OH is 1. The number of hydrogen-bond donors (Lipinski definition) is 1. The van der Waals surface area contributed by atoms with Crippen molar-refractivity contribution in [3.8, 4) is 17.6 Å². The molecule has 0 fully saturated rings. The lowest BCUT2D eigenvalue weighted by molar-refractivity contribution is 0.302. The molecule has 2 aromatic carbocycles. The second kappa shape index (κ2) is 6.82. The molecule has 0 unspecified atom stereocenters. The summed E-state index contributed by atoms with van der Waals surface area (Å²) in [5.74, 6) is 3.22. The highest BCUT2D eigenvalue weighted by Gasteiger charge is 2.06. The summed E-state index contributed by atoms with van der Waals surface area (Å²) >= 11 is 0. The highest BCUT2D eigenvalue weighted by atomic mass is 19.1. The average molecular weight is 292 g/mol. The molecule has 0 amide bonds. The van der Waals surface area contributed by atoms with Gasteiger partial charge in [-0.05, 0) is 29.8 Å². The van der Waals surface area contributed by atoms with Gasteiger partial charge in [0.25, 0.3) is 0 Å². The SMILES string of the molecule is OCC#Cc1ccc(F)cc1OCc1cc(F)cc(F)c1. The van der Waals surface area contributed by atoms with E-state index >= 15 is 0 Å². The molecule has 0 saturated heterocycles. The molecular weight excluding hydrogens is 281 g/mol. The third-order valence-corrected chi connectivity index (χ3v) is 2.56. The van der Waals surface area contributed by atoms with Gasteiger partial charge in [0.15, 0.2) is 0 Å². The van der Waals surface area contributed by atoms with Crippen molar-refractivity contribution in [1.82, 2.24) is 0 Å². The van der Waals surface area contributed by atoms with E-state index in [0.717, 1.165) is 24.3 Å². The van der Waals surface area contributed by atoms with E-state index in [4.69, 9.17) is 9.84 Å². The Balaban J connectivity index is 2.20. The van der Waals surface area contributed by atoms with E-state index in [0.29, 0.717) is 5.56 Å². The van der Waals surface area contributed by atoms with Crippen LogP contribution in [0, 0.1) is 29.3 Å². The van der Waals surface area contributed by atoms with E-state index in [9.17, 15) is 13.2 Å². The Kier molecular flexibility index (Phi) is 4.85. The van der Waals surface area contributed by atoms with Crippen LogP contribution < -0.4 is 4.74 Å². The van der Waals surface area contributed by atoms with Gasteiger partial charge in [0.05, 0.1) is 5.56 Å². The van der Waals surface area contributed by atoms with Crippen molar-refractivity contribution in [2.45, 2.75) is 6.61 Å². The smallest absolute Gasteiger partial charge is 0.138 e. The Morgan fingerprint density at radius 2 is 1.67 bits per heavy atom. The Morgan fingerprint density at radius 3 is 2.33 bits per heavy atom. The maximum Gasteiger partial charge on any atom is 0.138 e. The van der Waals surface area contributed by atoms with Crippen LogP contribution in [0.4, 0.5) is 13.2 Å². The molecule has 0 aliphatic carbocycles. The van der Waals surface area contributed by atoms with E-state index in [1.165, 1.54) is 12.1 Å². The van der Waals surface area contributed by atoms with Crippen LogP contribution in [-0.4, -0.2) is 11.7 Å². The molecular formula is C16H11F3O2. The normalized spacial score (nSPS) is 9.90. The second-order valence-corrected chi connectivity index (χ2v) is 4.17. The lowest BCUT2D eigenvalue weighted by atomic mass is 10.2. The summed E-state index contributed by atoms with van der Waals surface area (Å²) in [5, 5.41) is 8.67. The van der Waals surface area contributed by atoms with Crippen LogP contribution in [0.15, 0.2) is 36.4 Å². The van der Waals surface area contributed by atoms with E-state index in [1.807, 2.05) is 0 Å². The van der Waals surface area contributed by atoms with Gasteiger partial charge in [0, 0.05) is 12.1 Å².